The number of methoxy groups -OCH3 is 1. The molecule has 1 fully saturated rings. The molecule has 3 amide bonds. The smallest absolute Gasteiger partial charge is 0.328 e. The van der Waals surface area contributed by atoms with E-state index >= 15 is 0 Å². The molecule has 28 heavy (non-hydrogen) atoms. The van der Waals surface area contributed by atoms with E-state index in [-0.39, 0.29) is 29.6 Å². The first-order valence-electron chi connectivity index (χ1n) is 9.49. The average Bonchev–Trinajstić information content (AvgIpc) is 2.68. The van der Waals surface area contributed by atoms with Crippen LogP contribution in [0.25, 0.3) is 0 Å². The molecule has 1 atom stereocenters. The zero-order chi connectivity index (χ0) is 20.7. The van der Waals surface area contributed by atoms with Gasteiger partial charge < -0.3 is 20.3 Å². The van der Waals surface area contributed by atoms with Crippen LogP contribution in [0.4, 0.5) is 14.9 Å². The molecule has 2 N–H and O–H groups in total. The van der Waals surface area contributed by atoms with E-state index in [1.54, 1.807) is 4.90 Å². The number of hydrogen-bond donors (Lipinski definition) is 2. The van der Waals surface area contributed by atoms with Gasteiger partial charge in [-0.3, -0.25) is 4.79 Å². The quantitative estimate of drug-likeness (QED) is 0.728. The van der Waals surface area contributed by atoms with Crippen molar-refractivity contribution in [2.75, 3.05) is 25.5 Å². The number of halogens is 1. The van der Waals surface area contributed by atoms with E-state index in [9.17, 15) is 18.8 Å². The summed E-state index contributed by atoms with van der Waals surface area (Å²) in [4.78, 5) is 38.3. The highest BCUT2D eigenvalue weighted by molar-refractivity contribution is 5.92. The Morgan fingerprint density at radius 1 is 1.18 bits per heavy atom. The number of nitrogens with zero attached hydrogens (tertiary/aromatic N) is 1. The Labute approximate surface area is 164 Å². The number of carbonyl (C=O) groups is 3. The Kier molecular flexibility index (Phi) is 7.78. The minimum Gasteiger partial charge on any atom is -0.467 e. The Bertz CT molecular complexity index is 685. The minimum atomic E-state index is -0.683. The van der Waals surface area contributed by atoms with Crippen LogP contribution in [-0.2, 0) is 14.3 Å². The predicted molar refractivity (Wildman–Crippen MR) is 103 cm³/mol. The second-order valence-electron chi connectivity index (χ2n) is 7.41. The maximum atomic E-state index is 12.9. The second-order valence-corrected chi connectivity index (χ2v) is 7.41. The predicted octanol–water partition coefficient (Wildman–Crippen LogP) is 2.77. The Balaban J connectivity index is 1.84. The number of ether oxygens (including phenoxy) is 1. The van der Waals surface area contributed by atoms with E-state index in [1.807, 2.05) is 13.8 Å². The summed E-state index contributed by atoms with van der Waals surface area (Å²) >= 11 is 0. The first-order valence-corrected chi connectivity index (χ1v) is 9.49. The number of likely N-dealkylation sites (tertiary alicyclic amines) is 1. The molecule has 1 heterocycles. The minimum absolute atomic E-state index is 0.140. The lowest BCUT2D eigenvalue weighted by molar-refractivity contribution is -0.143. The van der Waals surface area contributed by atoms with Gasteiger partial charge in [0.1, 0.15) is 11.9 Å². The molecule has 8 heteroatoms. The molecule has 2 rings (SSSR count). The number of rotatable bonds is 6. The van der Waals surface area contributed by atoms with E-state index < -0.39 is 12.0 Å². The molecule has 0 bridgehead atoms. The van der Waals surface area contributed by atoms with Crippen molar-refractivity contribution < 1.29 is 23.5 Å². The molecule has 154 valence electrons. The van der Waals surface area contributed by atoms with Crippen molar-refractivity contribution in [3.63, 3.8) is 0 Å². The molecule has 7 nitrogen and oxygen atoms in total. The van der Waals surface area contributed by atoms with Crippen LogP contribution in [0.3, 0.4) is 0 Å². The van der Waals surface area contributed by atoms with Crippen LogP contribution >= 0.6 is 0 Å². The number of nitrogens with one attached hydrogen (secondary N) is 2. The molecule has 0 aliphatic carbocycles. The fourth-order valence-electron chi connectivity index (χ4n) is 3.19. The highest BCUT2D eigenvalue weighted by Gasteiger charge is 2.30. The van der Waals surface area contributed by atoms with Gasteiger partial charge in [-0.15, -0.1) is 0 Å². The van der Waals surface area contributed by atoms with E-state index in [4.69, 9.17) is 4.74 Å². The van der Waals surface area contributed by atoms with E-state index in [2.05, 4.69) is 10.6 Å². The molecular formula is C20H28FN3O4. The topological polar surface area (TPSA) is 87.7 Å². The number of benzene rings is 1. The summed E-state index contributed by atoms with van der Waals surface area (Å²) in [5.41, 5.74) is 0.543. The van der Waals surface area contributed by atoms with Gasteiger partial charge in [-0.05, 0) is 49.4 Å². The molecular weight excluding hydrogens is 365 g/mol. The molecule has 1 aromatic rings. The van der Waals surface area contributed by atoms with Crippen molar-refractivity contribution in [2.45, 2.75) is 39.2 Å². The standard InChI is InChI=1S/C20H28FN3O4/c1-13(2)12-17(19(26)28-3)23-20(27)24-10-8-14(9-11-24)18(25)22-16-6-4-15(21)5-7-16/h4-7,13-14,17H,8-12H2,1-3H3,(H,22,25)(H,23,27)/t17-/m0/s1. The molecule has 0 aromatic heterocycles. The molecule has 1 saturated heterocycles. The number of anilines is 1. The van der Waals surface area contributed by atoms with Crippen molar-refractivity contribution in [1.82, 2.24) is 10.2 Å². The van der Waals surface area contributed by atoms with E-state index in [0.717, 1.165) is 0 Å². The third kappa shape index (κ3) is 6.21. The van der Waals surface area contributed by atoms with Gasteiger partial charge in [-0.25, -0.2) is 14.0 Å². The van der Waals surface area contributed by atoms with E-state index in [0.29, 0.717) is 38.0 Å². The highest BCUT2D eigenvalue weighted by Crippen LogP contribution is 2.20. The molecule has 0 radical (unpaired) electrons. The van der Waals surface area contributed by atoms with Gasteiger partial charge in [0.25, 0.3) is 0 Å². The lowest BCUT2D eigenvalue weighted by atomic mass is 9.96. The largest absolute Gasteiger partial charge is 0.467 e. The van der Waals surface area contributed by atoms with Gasteiger partial charge in [0, 0.05) is 24.7 Å². The summed E-state index contributed by atoms with van der Waals surface area (Å²) in [6.45, 7) is 4.77. The van der Waals surface area contributed by atoms with Gasteiger partial charge in [0.05, 0.1) is 7.11 Å². The fourth-order valence-corrected chi connectivity index (χ4v) is 3.19. The van der Waals surface area contributed by atoms with Gasteiger partial charge in [0.2, 0.25) is 5.91 Å². The highest BCUT2D eigenvalue weighted by atomic mass is 19.1. The second kappa shape index (κ2) is 10.1. The third-order valence-corrected chi connectivity index (χ3v) is 4.76. The number of piperidine rings is 1. The van der Waals surface area contributed by atoms with Crippen molar-refractivity contribution in [1.29, 1.82) is 0 Å². The monoisotopic (exact) mass is 393 g/mol. The summed E-state index contributed by atoms with van der Waals surface area (Å²) in [7, 11) is 1.30. The molecule has 0 unspecified atom stereocenters. The zero-order valence-corrected chi connectivity index (χ0v) is 16.5. The van der Waals surface area contributed by atoms with Crippen LogP contribution in [0.2, 0.25) is 0 Å². The van der Waals surface area contributed by atoms with Gasteiger partial charge in [0.15, 0.2) is 0 Å². The number of amides is 3. The number of urea groups is 1. The average molecular weight is 393 g/mol. The van der Waals surface area contributed by atoms with Crippen LogP contribution in [0.1, 0.15) is 33.1 Å². The number of esters is 1. The summed E-state index contributed by atoms with van der Waals surface area (Å²) in [5, 5.41) is 5.51. The molecule has 0 saturated carbocycles. The zero-order valence-electron chi connectivity index (χ0n) is 16.5. The van der Waals surface area contributed by atoms with E-state index in [1.165, 1.54) is 31.4 Å². The van der Waals surface area contributed by atoms with Crippen LogP contribution in [0, 0.1) is 17.7 Å². The lowest BCUT2D eigenvalue weighted by Gasteiger charge is -2.32. The Morgan fingerprint density at radius 2 is 1.79 bits per heavy atom. The molecule has 0 spiro atoms. The van der Waals surface area contributed by atoms with Gasteiger partial charge >= 0.3 is 12.0 Å². The maximum absolute atomic E-state index is 12.9. The van der Waals surface area contributed by atoms with Crippen LogP contribution in [0.15, 0.2) is 24.3 Å². The van der Waals surface area contributed by atoms with Crippen LogP contribution < -0.4 is 10.6 Å². The summed E-state index contributed by atoms with van der Waals surface area (Å²) in [6, 6.07) is 4.59. The summed E-state index contributed by atoms with van der Waals surface area (Å²) < 4.78 is 17.7. The number of carbonyl (C=O) groups excluding carboxylic acids is 3. The first-order chi connectivity index (χ1) is 13.3. The Morgan fingerprint density at radius 3 is 2.32 bits per heavy atom. The third-order valence-electron chi connectivity index (χ3n) is 4.76. The van der Waals surface area contributed by atoms with Crippen LogP contribution in [-0.4, -0.2) is 49.0 Å². The summed E-state index contributed by atoms with van der Waals surface area (Å²) in [6.07, 6.45) is 1.54. The SMILES string of the molecule is COC(=O)[C@H](CC(C)C)NC(=O)N1CCC(C(=O)Nc2ccc(F)cc2)CC1. The van der Waals surface area contributed by atoms with Gasteiger partial charge in [-0.2, -0.15) is 0 Å². The lowest BCUT2D eigenvalue weighted by Crippen LogP contribution is -2.51. The van der Waals surface area contributed by atoms with Crippen molar-refractivity contribution in [2.24, 2.45) is 11.8 Å². The van der Waals surface area contributed by atoms with Crippen molar-refractivity contribution in [3.8, 4) is 0 Å². The maximum Gasteiger partial charge on any atom is 0.328 e. The fraction of sp³-hybridized carbons (Fsp3) is 0.550. The van der Waals surface area contributed by atoms with Gasteiger partial charge in [-0.1, -0.05) is 13.8 Å². The summed E-state index contributed by atoms with van der Waals surface area (Å²) in [5.74, 6) is -0.957. The van der Waals surface area contributed by atoms with Crippen molar-refractivity contribution >= 4 is 23.6 Å². The van der Waals surface area contributed by atoms with Crippen molar-refractivity contribution in [3.05, 3.63) is 30.1 Å². The molecule has 1 aliphatic heterocycles. The molecule has 1 aliphatic rings. The normalized spacial score (nSPS) is 15.8. The Hall–Kier alpha value is -2.64. The number of hydrogen-bond acceptors (Lipinski definition) is 4. The molecule has 1 aromatic carbocycles. The van der Waals surface area contributed by atoms with Crippen LogP contribution in [0.5, 0.6) is 0 Å². The first kappa shape index (κ1) is 21.7.